The van der Waals surface area contributed by atoms with Crippen molar-refractivity contribution in [3.8, 4) is 0 Å². The predicted octanol–water partition coefficient (Wildman–Crippen LogP) is 2.63. The Bertz CT molecular complexity index is 456. The molecule has 1 aromatic carbocycles. The predicted molar refractivity (Wildman–Crippen MR) is 58.1 cm³/mol. The maximum Gasteiger partial charge on any atom is 0.218 e. The molecule has 0 aliphatic rings. The van der Waals surface area contributed by atoms with Gasteiger partial charge in [0.15, 0.2) is 0 Å². The first kappa shape index (κ1) is 9.00. The Morgan fingerprint density at radius 3 is 2.86 bits per heavy atom. The summed E-state index contributed by atoms with van der Waals surface area (Å²) in [7, 11) is 0. The van der Waals surface area contributed by atoms with Crippen LogP contribution in [0, 0.1) is 0 Å². The minimum Gasteiger partial charge on any atom is -0.290 e. The van der Waals surface area contributed by atoms with Gasteiger partial charge in [0.05, 0.1) is 5.52 Å². The van der Waals surface area contributed by atoms with Crippen LogP contribution in [0.1, 0.15) is 18.9 Å². The summed E-state index contributed by atoms with van der Waals surface area (Å²) in [5.74, 6) is 0. The van der Waals surface area contributed by atoms with Gasteiger partial charge in [0.25, 0.3) is 0 Å². The molecule has 2 heteroatoms. The number of hydrogen-bond acceptors (Lipinski definition) is 1. The molecule has 0 saturated carbocycles. The quantitative estimate of drug-likeness (QED) is 0.677. The highest BCUT2D eigenvalue weighted by Crippen LogP contribution is 2.21. The van der Waals surface area contributed by atoms with E-state index < -0.39 is 0 Å². The number of hydrogen-bond donors (Lipinski definition) is 0. The number of fused-ring (bicyclic) bond motifs is 1. The van der Waals surface area contributed by atoms with E-state index in [1.807, 2.05) is 24.4 Å². The minimum atomic E-state index is 0.863. The van der Waals surface area contributed by atoms with Gasteiger partial charge in [-0.05, 0) is 18.1 Å². The molecule has 0 bridgehead atoms. The fourth-order valence-electron chi connectivity index (χ4n) is 1.83. The zero-order chi connectivity index (χ0) is 9.97. The van der Waals surface area contributed by atoms with E-state index in [2.05, 4.69) is 13.0 Å². The van der Waals surface area contributed by atoms with Gasteiger partial charge in [-0.1, -0.05) is 31.5 Å². The number of para-hydroxylation sites is 1. The highest BCUT2D eigenvalue weighted by Gasteiger charge is 2.05. The molecule has 0 spiro atoms. The normalized spacial score (nSPS) is 10.6. The van der Waals surface area contributed by atoms with Crippen molar-refractivity contribution >= 4 is 17.3 Å². The molecule has 1 aromatic heterocycles. The third kappa shape index (κ3) is 1.33. The zero-order valence-electron chi connectivity index (χ0n) is 8.23. The van der Waals surface area contributed by atoms with Gasteiger partial charge in [0, 0.05) is 11.6 Å². The fraction of sp³-hybridized carbons (Fsp3) is 0.250. The van der Waals surface area contributed by atoms with Gasteiger partial charge in [-0.25, -0.2) is 0 Å². The van der Waals surface area contributed by atoms with E-state index in [1.165, 1.54) is 10.9 Å². The highest BCUT2D eigenvalue weighted by molar-refractivity contribution is 5.88. The number of benzene rings is 1. The first-order chi connectivity index (χ1) is 6.86. The molecule has 0 unspecified atom stereocenters. The Morgan fingerprint density at radius 2 is 2.14 bits per heavy atom. The summed E-state index contributed by atoms with van der Waals surface area (Å²) in [6.07, 6.45) is 4.93. The van der Waals surface area contributed by atoms with Crippen LogP contribution in [0.2, 0.25) is 0 Å². The van der Waals surface area contributed by atoms with Crippen molar-refractivity contribution in [2.24, 2.45) is 0 Å². The van der Waals surface area contributed by atoms with Gasteiger partial charge in [-0.3, -0.25) is 9.36 Å². The molecule has 0 N–H and O–H groups in total. The lowest BCUT2D eigenvalue weighted by atomic mass is 10.1. The second-order valence-corrected chi connectivity index (χ2v) is 3.43. The van der Waals surface area contributed by atoms with Gasteiger partial charge in [0.1, 0.15) is 0 Å². The van der Waals surface area contributed by atoms with Crippen LogP contribution in [0.25, 0.3) is 10.9 Å². The van der Waals surface area contributed by atoms with Crippen LogP contribution in [0.15, 0.2) is 30.5 Å². The average molecular weight is 187 g/mol. The van der Waals surface area contributed by atoms with E-state index in [9.17, 15) is 4.79 Å². The molecule has 0 radical (unpaired) electrons. The van der Waals surface area contributed by atoms with Crippen LogP contribution in [-0.2, 0) is 11.2 Å². The first-order valence-electron chi connectivity index (χ1n) is 4.90. The van der Waals surface area contributed by atoms with E-state index >= 15 is 0 Å². The molecule has 0 amide bonds. The van der Waals surface area contributed by atoms with E-state index in [0.717, 1.165) is 24.8 Å². The van der Waals surface area contributed by atoms with Crippen molar-refractivity contribution in [2.75, 3.05) is 0 Å². The largest absolute Gasteiger partial charge is 0.290 e. The second-order valence-electron chi connectivity index (χ2n) is 3.43. The summed E-state index contributed by atoms with van der Waals surface area (Å²) in [4.78, 5) is 10.8. The van der Waals surface area contributed by atoms with Crippen LogP contribution in [0.4, 0.5) is 0 Å². The lowest BCUT2D eigenvalue weighted by molar-refractivity contribution is 0.549. The van der Waals surface area contributed by atoms with E-state index in [0.29, 0.717) is 0 Å². The zero-order valence-corrected chi connectivity index (χ0v) is 8.23. The SMILES string of the molecule is CCCc1cn(C=O)c2ccccc12. The smallest absolute Gasteiger partial charge is 0.218 e. The topological polar surface area (TPSA) is 22.0 Å². The summed E-state index contributed by atoms with van der Waals surface area (Å²) in [6.45, 7) is 2.15. The molecule has 0 fully saturated rings. The molecule has 0 saturated heterocycles. The van der Waals surface area contributed by atoms with E-state index in [-0.39, 0.29) is 0 Å². The van der Waals surface area contributed by atoms with E-state index in [4.69, 9.17) is 0 Å². The van der Waals surface area contributed by atoms with Crippen molar-refractivity contribution in [2.45, 2.75) is 19.8 Å². The van der Waals surface area contributed by atoms with Gasteiger partial charge >= 0.3 is 0 Å². The van der Waals surface area contributed by atoms with E-state index in [1.54, 1.807) is 4.57 Å². The summed E-state index contributed by atoms with van der Waals surface area (Å²) in [6, 6.07) is 8.01. The summed E-state index contributed by atoms with van der Waals surface area (Å²) in [5, 5.41) is 1.20. The van der Waals surface area contributed by atoms with Gasteiger partial charge in [0.2, 0.25) is 6.41 Å². The van der Waals surface area contributed by atoms with Crippen molar-refractivity contribution in [1.29, 1.82) is 0 Å². The molecule has 0 aliphatic heterocycles. The molecule has 0 aliphatic carbocycles. The number of carbonyl (C=O) groups excluding carboxylic acids is 1. The van der Waals surface area contributed by atoms with Gasteiger partial charge < -0.3 is 0 Å². The maximum absolute atomic E-state index is 10.8. The van der Waals surface area contributed by atoms with Crippen molar-refractivity contribution < 1.29 is 4.79 Å². The van der Waals surface area contributed by atoms with Crippen molar-refractivity contribution in [1.82, 2.24) is 4.57 Å². The van der Waals surface area contributed by atoms with Crippen LogP contribution >= 0.6 is 0 Å². The Hall–Kier alpha value is -1.57. The summed E-state index contributed by atoms with van der Waals surface area (Å²) >= 11 is 0. The molecule has 2 nitrogen and oxygen atoms in total. The number of rotatable bonds is 3. The Morgan fingerprint density at radius 1 is 1.36 bits per heavy atom. The molecule has 2 rings (SSSR count). The molecule has 14 heavy (non-hydrogen) atoms. The van der Waals surface area contributed by atoms with Crippen LogP contribution in [-0.4, -0.2) is 11.0 Å². The summed E-state index contributed by atoms with van der Waals surface area (Å²) < 4.78 is 1.65. The number of aryl methyl sites for hydroxylation is 1. The molecular weight excluding hydrogens is 174 g/mol. The average Bonchev–Trinajstić information content (AvgIpc) is 2.58. The lowest BCUT2D eigenvalue weighted by Crippen LogP contribution is -1.90. The third-order valence-electron chi connectivity index (χ3n) is 2.46. The highest BCUT2D eigenvalue weighted by atomic mass is 16.1. The van der Waals surface area contributed by atoms with Crippen LogP contribution < -0.4 is 0 Å². The third-order valence-corrected chi connectivity index (χ3v) is 2.46. The second kappa shape index (κ2) is 3.66. The molecule has 72 valence electrons. The van der Waals surface area contributed by atoms with Gasteiger partial charge in [-0.2, -0.15) is 0 Å². The van der Waals surface area contributed by atoms with Crippen molar-refractivity contribution in [3.63, 3.8) is 0 Å². The van der Waals surface area contributed by atoms with Crippen molar-refractivity contribution in [3.05, 3.63) is 36.0 Å². The minimum absolute atomic E-state index is 0.863. The monoisotopic (exact) mass is 187 g/mol. The number of nitrogens with zero attached hydrogens (tertiary/aromatic N) is 1. The Labute approximate surface area is 83.2 Å². The molecule has 2 aromatic rings. The van der Waals surface area contributed by atoms with Gasteiger partial charge in [-0.15, -0.1) is 0 Å². The lowest BCUT2D eigenvalue weighted by Gasteiger charge is -1.94. The summed E-state index contributed by atoms with van der Waals surface area (Å²) in [5.41, 5.74) is 2.26. The first-order valence-corrected chi connectivity index (χ1v) is 4.90. The Balaban J connectivity index is 2.66. The number of aromatic nitrogens is 1. The Kier molecular flexibility index (Phi) is 2.35. The van der Waals surface area contributed by atoms with Crippen LogP contribution in [0.5, 0.6) is 0 Å². The molecular formula is C12H13NO. The number of carbonyl (C=O) groups is 1. The fourth-order valence-corrected chi connectivity index (χ4v) is 1.83. The molecule has 0 atom stereocenters. The maximum atomic E-state index is 10.8. The molecule has 1 heterocycles. The standard InChI is InChI=1S/C12H13NO/c1-2-5-10-8-13(9-14)12-7-4-3-6-11(10)12/h3-4,6-9H,2,5H2,1H3. The van der Waals surface area contributed by atoms with Crippen LogP contribution in [0.3, 0.4) is 0 Å².